The van der Waals surface area contributed by atoms with Gasteiger partial charge in [-0.05, 0) is 6.07 Å². The van der Waals surface area contributed by atoms with Crippen molar-refractivity contribution in [2.24, 2.45) is 0 Å². The quantitative estimate of drug-likeness (QED) is 0.524. The first-order valence-electron chi connectivity index (χ1n) is 8.09. The van der Waals surface area contributed by atoms with Crippen LogP contribution in [0.15, 0.2) is 47.8 Å². The fourth-order valence-electron chi connectivity index (χ4n) is 2.75. The molecule has 1 saturated heterocycles. The van der Waals surface area contributed by atoms with Crippen LogP contribution in [0.5, 0.6) is 0 Å². The zero-order valence-corrected chi connectivity index (χ0v) is 14.2. The van der Waals surface area contributed by atoms with Gasteiger partial charge in [0.15, 0.2) is 0 Å². The maximum atomic E-state index is 5.40. The molecule has 0 amide bonds. The molecule has 24 heavy (non-hydrogen) atoms. The first-order valence-corrected chi connectivity index (χ1v) is 9.08. The lowest BCUT2D eigenvalue weighted by Crippen LogP contribution is -2.37. The van der Waals surface area contributed by atoms with Crippen LogP contribution in [0.25, 0.3) is 17.0 Å². The fraction of sp³-hybridized carbons (Fsp3) is 0.353. The van der Waals surface area contributed by atoms with E-state index in [1.165, 1.54) is 0 Å². The van der Waals surface area contributed by atoms with E-state index in [0.29, 0.717) is 5.78 Å². The highest BCUT2D eigenvalue weighted by Gasteiger charge is 2.12. The SMILES string of the molecule is c1ccc(-c2cc(SCCN3CCOCC3)n3ncnc3n2)cc1. The van der Waals surface area contributed by atoms with Gasteiger partial charge in [0, 0.05) is 31.0 Å². The zero-order valence-electron chi connectivity index (χ0n) is 13.3. The number of benzene rings is 1. The third kappa shape index (κ3) is 3.43. The minimum atomic E-state index is 0.644. The molecule has 0 radical (unpaired) electrons. The molecule has 1 aromatic carbocycles. The van der Waals surface area contributed by atoms with Gasteiger partial charge in [0.05, 0.1) is 18.9 Å². The summed E-state index contributed by atoms with van der Waals surface area (Å²) in [5, 5.41) is 5.38. The summed E-state index contributed by atoms with van der Waals surface area (Å²) in [6.07, 6.45) is 1.56. The van der Waals surface area contributed by atoms with Crippen LogP contribution in [-0.4, -0.2) is 63.1 Å². The summed E-state index contributed by atoms with van der Waals surface area (Å²) in [6, 6.07) is 12.3. The van der Waals surface area contributed by atoms with Crippen LogP contribution in [0.2, 0.25) is 0 Å². The number of morpholine rings is 1. The number of aromatic nitrogens is 4. The third-order valence-electron chi connectivity index (χ3n) is 4.05. The van der Waals surface area contributed by atoms with Crippen molar-refractivity contribution >= 4 is 17.5 Å². The second-order valence-electron chi connectivity index (χ2n) is 5.62. The second-order valence-corrected chi connectivity index (χ2v) is 6.74. The van der Waals surface area contributed by atoms with Crippen LogP contribution < -0.4 is 0 Å². The Kier molecular flexibility index (Phi) is 4.73. The van der Waals surface area contributed by atoms with Gasteiger partial charge in [-0.2, -0.15) is 14.6 Å². The van der Waals surface area contributed by atoms with Crippen LogP contribution in [0.4, 0.5) is 0 Å². The molecule has 124 valence electrons. The molecule has 7 heteroatoms. The van der Waals surface area contributed by atoms with Gasteiger partial charge in [0.25, 0.3) is 5.78 Å². The van der Waals surface area contributed by atoms with Gasteiger partial charge in [-0.25, -0.2) is 4.98 Å². The van der Waals surface area contributed by atoms with Gasteiger partial charge in [-0.1, -0.05) is 30.3 Å². The number of hydrogen-bond acceptors (Lipinski definition) is 6. The van der Waals surface area contributed by atoms with Crippen LogP contribution in [0, 0.1) is 0 Å². The molecular formula is C17H19N5OS. The van der Waals surface area contributed by atoms with Crippen LogP contribution in [-0.2, 0) is 4.74 Å². The summed E-state index contributed by atoms with van der Waals surface area (Å²) in [4.78, 5) is 11.3. The summed E-state index contributed by atoms with van der Waals surface area (Å²) >= 11 is 1.80. The van der Waals surface area contributed by atoms with Gasteiger partial charge in [-0.3, -0.25) is 4.90 Å². The maximum absolute atomic E-state index is 5.40. The number of thioether (sulfide) groups is 1. The summed E-state index contributed by atoms with van der Waals surface area (Å²) in [6.45, 7) is 4.76. The summed E-state index contributed by atoms with van der Waals surface area (Å²) in [5.74, 6) is 1.65. The zero-order chi connectivity index (χ0) is 16.2. The topological polar surface area (TPSA) is 55.6 Å². The van der Waals surface area contributed by atoms with E-state index in [9.17, 15) is 0 Å². The fourth-order valence-corrected chi connectivity index (χ4v) is 3.75. The number of ether oxygens (including phenoxy) is 1. The lowest BCUT2D eigenvalue weighted by atomic mass is 10.1. The molecule has 1 fully saturated rings. The predicted molar refractivity (Wildman–Crippen MR) is 94.2 cm³/mol. The van der Waals surface area contributed by atoms with Gasteiger partial charge in [-0.15, -0.1) is 11.8 Å². The molecule has 0 saturated carbocycles. The molecule has 0 spiro atoms. The molecule has 0 bridgehead atoms. The highest BCUT2D eigenvalue weighted by Crippen LogP contribution is 2.24. The first kappa shape index (κ1) is 15.6. The van der Waals surface area contributed by atoms with E-state index in [2.05, 4.69) is 38.2 Å². The molecule has 6 nitrogen and oxygen atoms in total. The second kappa shape index (κ2) is 7.29. The largest absolute Gasteiger partial charge is 0.379 e. The number of nitrogens with zero attached hydrogens (tertiary/aromatic N) is 5. The molecule has 3 heterocycles. The Bertz CT molecular complexity index is 801. The maximum Gasteiger partial charge on any atom is 0.253 e. The Labute approximate surface area is 144 Å². The van der Waals surface area contributed by atoms with Gasteiger partial charge >= 0.3 is 0 Å². The average molecular weight is 341 g/mol. The van der Waals surface area contributed by atoms with E-state index in [0.717, 1.165) is 54.9 Å². The molecule has 4 rings (SSSR count). The Morgan fingerprint density at radius 1 is 1.12 bits per heavy atom. The highest BCUT2D eigenvalue weighted by molar-refractivity contribution is 7.99. The van der Waals surface area contributed by atoms with Crippen molar-refractivity contribution in [3.05, 3.63) is 42.7 Å². The summed E-state index contributed by atoms with van der Waals surface area (Å²) in [7, 11) is 0. The molecule has 0 unspecified atom stereocenters. The van der Waals surface area contributed by atoms with E-state index in [4.69, 9.17) is 4.74 Å². The standard InChI is InChI=1S/C17H19N5OS/c1-2-4-14(5-3-1)15-12-16(22-17(20-15)18-13-19-22)24-11-8-21-6-9-23-10-7-21/h1-5,12-13H,6-11H2. The Balaban J connectivity index is 1.54. The predicted octanol–water partition coefficient (Wildman–Crippen LogP) is 2.22. The van der Waals surface area contributed by atoms with Crippen molar-refractivity contribution in [3.8, 4) is 11.3 Å². The molecule has 3 aromatic rings. The van der Waals surface area contributed by atoms with Crippen molar-refractivity contribution in [3.63, 3.8) is 0 Å². The van der Waals surface area contributed by atoms with Crippen molar-refractivity contribution in [2.45, 2.75) is 5.03 Å². The Morgan fingerprint density at radius 3 is 2.79 bits per heavy atom. The lowest BCUT2D eigenvalue weighted by Gasteiger charge is -2.26. The average Bonchev–Trinajstić information content (AvgIpc) is 3.12. The lowest BCUT2D eigenvalue weighted by molar-refractivity contribution is 0.0410. The molecule has 1 aliphatic rings. The van der Waals surface area contributed by atoms with E-state index < -0.39 is 0 Å². The highest BCUT2D eigenvalue weighted by atomic mass is 32.2. The Hall–Kier alpha value is -1.96. The van der Waals surface area contributed by atoms with Gasteiger partial charge in [0.1, 0.15) is 11.4 Å². The normalized spacial score (nSPS) is 15.8. The molecule has 0 N–H and O–H groups in total. The van der Waals surface area contributed by atoms with E-state index >= 15 is 0 Å². The molecule has 0 aliphatic carbocycles. The van der Waals surface area contributed by atoms with Crippen molar-refractivity contribution in [2.75, 3.05) is 38.6 Å². The van der Waals surface area contributed by atoms with Crippen LogP contribution >= 0.6 is 11.8 Å². The van der Waals surface area contributed by atoms with Gasteiger partial charge < -0.3 is 4.74 Å². The van der Waals surface area contributed by atoms with Crippen LogP contribution in [0.1, 0.15) is 0 Å². The molecule has 1 aliphatic heterocycles. The van der Waals surface area contributed by atoms with Gasteiger partial charge in [0.2, 0.25) is 0 Å². The van der Waals surface area contributed by atoms with Crippen molar-refractivity contribution < 1.29 is 4.74 Å². The minimum absolute atomic E-state index is 0.644. The number of hydrogen-bond donors (Lipinski definition) is 0. The Morgan fingerprint density at radius 2 is 1.96 bits per heavy atom. The smallest absolute Gasteiger partial charge is 0.253 e. The van der Waals surface area contributed by atoms with E-state index in [1.807, 2.05) is 22.7 Å². The van der Waals surface area contributed by atoms with E-state index in [-0.39, 0.29) is 0 Å². The molecular weight excluding hydrogens is 322 g/mol. The summed E-state index contributed by atoms with van der Waals surface area (Å²) < 4.78 is 7.21. The number of rotatable bonds is 5. The molecule has 2 aromatic heterocycles. The molecule has 0 atom stereocenters. The minimum Gasteiger partial charge on any atom is -0.379 e. The first-order chi connectivity index (χ1) is 11.9. The number of fused-ring (bicyclic) bond motifs is 1. The van der Waals surface area contributed by atoms with Crippen molar-refractivity contribution in [1.29, 1.82) is 0 Å². The monoisotopic (exact) mass is 341 g/mol. The van der Waals surface area contributed by atoms with Crippen molar-refractivity contribution in [1.82, 2.24) is 24.5 Å². The summed E-state index contributed by atoms with van der Waals surface area (Å²) in [5.41, 5.74) is 2.03. The van der Waals surface area contributed by atoms with Crippen LogP contribution in [0.3, 0.4) is 0 Å². The third-order valence-corrected chi connectivity index (χ3v) is 5.02. The van der Waals surface area contributed by atoms with E-state index in [1.54, 1.807) is 18.1 Å².